The Bertz CT molecular complexity index is 4060. The van der Waals surface area contributed by atoms with E-state index in [1.54, 1.807) is 0 Å². The fourth-order valence-corrected chi connectivity index (χ4v) is 14.1. The van der Waals surface area contributed by atoms with Crippen molar-refractivity contribution in [2.75, 3.05) is 13.2 Å². The number of fused-ring (bicyclic) bond motifs is 6. The van der Waals surface area contributed by atoms with Gasteiger partial charge < -0.3 is 23.2 Å². The van der Waals surface area contributed by atoms with Gasteiger partial charge in [0.25, 0.3) is 0 Å². The first-order valence-electron chi connectivity index (χ1n) is 27.1. The number of hydrogen-bond donors (Lipinski definition) is 0. The molecule has 0 unspecified atom stereocenters. The van der Waals surface area contributed by atoms with Crippen LogP contribution in [0.4, 0.5) is 0 Å². The summed E-state index contributed by atoms with van der Waals surface area (Å²) in [6.07, 6.45) is 2.56. The maximum atomic E-state index is 6.22. The van der Waals surface area contributed by atoms with Crippen LogP contribution in [-0.2, 0) is 14.0 Å². The molecule has 11 heteroatoms. The van der Waals surface area contributed by atoms with Crippen LogP contribution in [0.5, 0.6) is 0 Å². The Morgan fingerprint density at radius 2 is 0.667 bits per heavy atom. The van der Waals surface area contributed by atoms with E-state index in [1.807, 2.05) is 18.2 Å². The minimum atomic E-state index is -0.342. The van der Waals surface area contributed by atoms with E-state index < -0.39 is 0 Å². The second-order valence-electron chi connectivity index (χ2n) is 21.2. The van der Waals surface area contributed by atoms with Crippen molar-refractivity contribution in [1.82, 2.24) is 9.13 Å². The Labute approximate surface area is 517 Å². The molecule has 12 aromatic rings. The van der Waals surface area contributed by atoms with Gasteiger partial charge >= 0.3 is 7.12 Å². The Kier molecular flexibility index (Phi) is 17.5. The van der Waals surface area contributed by atoms with Gasteiger partial charge in [-0.2, -0.15) is 0 Å². The van der Waals surface area contributed by atoms with Crippen LogP contribution in [0.1, 0.15) is 40.5 Å². The van der Waals surface area contributed by atoms with E-state index in [2.05, 4.69) is 329 Å². The van der Waals surface area contributed by atoms with Gasteiger partial charge in [0.1, 0.15) is 0 Å². The minimum Gasteiger partial charge on any atom is -0.399 e. The number of nitrogens with zero attached hydrogens (tertiary/aromatic N) is 2. The fraction of sp³-hybridized carbons (Fsp3) is 0.143. The van der Waals surface area contributed by atoms with Gasteiger partial charge in [-0.15, -0.1) is 0 Å². The second kappa shape index (κ2) is 24.9. The predicted octanol–water partition coefficient (Wildman–Crippen LogP) is 21.2. The molecule has 0 atom stereocenters. The Morgan fingerprint density at radius 3 is 1.06 bits per heavy atom. The summed E-state index contributed by atoms with van der Waals surface area (Å²) in [5.41, 5.74) is 14.8. The van der Waals surface area contributed by atoms with Crippen LogP contribution in [0.15, 0.2) is 253 Å². The van der Waals surface area contributed by atoms with E-state index >= 15 is 0 Å². The molecular formula is C70H58BBr5N2O3. The maximum Gasteiger partial charge on any atom is 0.494 e. The molecule has 0 amide bonds. The van der Waals surface area contributed by atoms with Crippen LogP contribution in [-0.4, -0.2) is 40.7 Å². The highest BCUT2D eigenvalue weighted by Crippen LogP contribution is 2.39. The van der Waals surface area contributed by atoms with E-state index in [0.717, 1.165) is 41.0 Å². The molecule has 0 aliphatic carbocycles. The fourth-order valence-electron chi connectivity index (χ4n) is 10.4. The van der Waals surface area contributed by atoms with Crippen LogP contribution in [0.2, 0.25) is 0 Å². The molecule has 2 aliphatic heterocycles. The summed E-state index contributed by atoms with van der Waals surface area (Å²) in [5.74, 6) is 0. The summed E-state index contributed by atoms with van der Waals surface area (Å²) in [6.45, 7) is 10.3. The Hall–Kier alpha value is -5.86. The van der Waals surface area contributed by atoms with Crippen molar-refractivity contribution >= 4 is 136 Å². The first-order chi connectivity index (χ1) is 39.2. The van der Waals surface area contributed by atoms with Gasteiger partial charge in [-0.05, 0) is 176 Å². The smallest absolute Gasteiger partial charge is 0.399 e. The third-order valence-corrected chi connectivity index (χ3v) is 17.5. The standard InChI is InChI=1S/C30H28BNO2.C30H19Br2N.C6H3Br3.C4H8O/c1-29(2)30(3,4)34-31(33-29)23-17-14-21(15-18-23)22-16-19-28-26(20-22)25-12-8-9-13-27(25)32(28)24-10-6-5-7-11-24;31-24-16-23(17-25(32)19-24)21-12-10-20(11-13-21)22-14-15-30-28(18-22)27-8-4-5-9-29(27)33(30)26-6-2-1-3-7-26;7-4-1-5(8)3-6(9)2-4;1-2-4-5-3-1/h5-20H,1-4H3;1-19H;1-3H;1-4H2. The molecule has 0 bridgehead atoms. The van der Waals surface area contributed by atoms with E-state index in [9.17, 15) is 0 Å². The number of ether oxygens (including phenoxy) is 1. The van der Waals surface area contributed by atoms with Crippen LogP contribution in [0.25, 0.3) is 88.4 Å². The van der Waals surface area contributed by atoms with E-state index in [1.165, 1.54) is 101 Å². The van der Waals surface area contributed by atoms with E-state index in [0.29, 0.717) is 0 Å². The number of benzene rings is 10. The molecule has 81 heavy (non-hydrogen) atoms. The number of halogens is 5. The van der Waals surface area contributed by atoms with Crippen LogP contribution in [0.3, 0.4) is 0 Å². The Balaban J connectivity index is 0.000000137. The maximum absolute atomic E-state index is 6.22. The molecule has 0 radical (unpaired) electrons. The van der Waals surface area contributed by atoms with Gasteiger partial charge in [-0.3, -0.25) is 0 Å². The van der Waals surface area contributed by atoms with Crippen molar-refractivity contribution in [3.8, 4) is 44.8 Å². The van der Waals surface area contributed by atoms with Gasteiger partial charge in [-0.1, -0.05) is 213 Å². The van der Waals surface area contributed by atoms with Crippen molar-refractivity contribution in [2.45, 2.75) is 51.7 Å². The van der Waals surface area contributed by atoms with Crippen LogP contribution in [0, 0.1) is 0 Å². The Morgan fingerprint density at radius 1 is 0.333 bits per heavy atom. The number of aromatic nitrogens is 2. The topological polar surface area (TPSA) is 37.5 Å². The van der Waals surface area contributed by atoms with Crippen molar-refractivity contribution in [2.24, 2.45) is 0 Å². The lowest BCUT2D eigenvalue weighted by Gasteiger charge is -2.32. The molecule has 2 aromatic heterocycles. The highest BCUT2D eigenvalue weighted by Gasteiger charge is 2.51. The number of rotatable bonds is 6. The lowest BCUT2D eigenvalue weighted by Crippen LogP contribution is -2.41. The highest BCUT2D eigenvalue weighted by molar-refractivity contribution is 9.11. The summed E-state index contributed by atoms with van der Waals surface area (Å²) in [5, 5.41) is 5.06. The van der Waals surface area contributed by atoms with Gasteiger partial charge in [0.2, 0.25) is 0 Å². The third kappa shape index (κ3) is 12.7. The first-order valence-corrected chi connectivity index (χ1v) is 31.1. The zero-order chi connectivity index (χ0) is 56.3. The summed E-state index contributed by atoms with van der Waals surface area (Å²) in [4.78, 5) is 0. The molecule has 10 aromatic carbocycles. The average molecular weight is 1390 g/mol. The van der Waals surface area contributed by atoms with Crippen LogP contribution < -0.4 is 5.46 Å². The lowest BCUT2D eigenvalue weighted by atomic mass is 9.78. The molecule has 2 fully saturated rings. The van der Waals surface area contributed by atoms with E-state index in [-0.39, 0.29) is 18.3 Å². The monoisotopic (exact) mass is 1380 g/mol. The SMILES string of the molecule is Brc1cc(Br)cc(-c2ccc(-c3ccc4c(c3)c3ccccc3n4-c3ccccc3)cc2)c1.Brc1cc(Br)cc(Br)c1.C1CCOC1.CC1(C)OB(c2ccc(-c3ccc4c(c3)c3ccccc3n4-c3ccccc3)cc2)OC1(C)C. The first kappa shape index (κ1) is 57.0. The molecule has 14 rings (SSSR count). The van der Waals surface area contributed by atoms with Gasteiger partial charge in [0.05, 0.1) is 33.3 Å². The molecule has 404 valence electrons. The summed E-state index contributed by atoms with van der Waals surface area (Å²) >= 11 is 17.2. The zero-order valence-corrected chi connectivity index (χ0v) is 53.3. The molecular weight excluding hydrogens is 1330 g/mol. The molecule has 2 saturated heterocycles. The van der Waals surface area contributed by atoms with Crippen molar-refractivity contribution in [3.05, 3.63) is 253 Å². The summed E-state index contributed by atoms with van der Waals surface area (Å²) < 4.78 is 27.4. The van der Waals surface area contributed by atoms with Crippen molar-refractivity contribution < 1.29 is 14.0 Å². The molecule has 4 heterocycles. The van der Waals surface area contributed by atoms with Crippen molar-refractivity contribution in [1.29, 1.82) is 0 Å². The molecule has 0 saturated carbocycles. The molecule has 0 N–H and O–H groups in total. The highest BCUT2D eigenvalue weighted by atomic mass is 79.9. The van der Waals surface area contributed by atoms with Crippen molar-refractivity contribution in [3.63, 3.8) is 0 Å². The lowest BCUT2D eigenvalue weighted by molar-refractivity contribution is 0.00578. The largest absolute Gasteiger partial charge is 0.494 e. The quantitative estimate of drug-likeness (QED) is 0.156. The van der Waals surface area contributed by atoms with Gasteiger partial charge in [0, 0.05) is 68.5 Å². The predicted molar refractivity (Wildman–Crippen MR) is 359 cm³/mol. The average Bonchev–Trinajstić information content (AvgIpc) is 4.48. The molecule has 2 aliphatic rings. The third-order valence-electron chi connectivity index (χ3n) is 15.2. The number of hydrogen-bond acceptors (Lipinski definition) is 3. The minimum absolute atomic E-state index is 0.339. The summed E-state index contributed by atoms with van der Waals surface area (Å²) in [7, 11) is -0.342. The van der Waals surface area contributed by atoms with E-state index in [4.69, 9.17) is 14.0 Å². The van der Waals surface area contributed by atoms with Crippen LogP contribution >= 0.6 is 79.6 Å². The zero-order valence-electron chi connectivity index (χ0n) is 45.4. The van der Waals surface area contributed by atoms with Gasteiger partial charge in [-0.25, -0.2) is 0 Å². The van der Waals surface area contributed by atoms with Gasteiger partial charge in [0.15, 0.2) is 0 Å². The second-order valence-corrected chi connectivity index (χ2v) is 25.8. The molecule has 5 nitrogen and oxygen atoms in total. The summed E-state index contributed by atoms with van der Waals surface area (Å²) in [6, 6.07) is 81.7. The normalized spacial score (nSPS) is 14.3. The number of para-hydroxylation sites is 4. The molecule has 0 spiro atoms.